The molecule has 57 heavy (non-hydrogen) atoms. The van der Waals surface area contributed by atoms with Crippen LogP contribution in [0.2, 0.25) is 0 Å². The number of quaternary nitrogens is 1. The number of hydrogen-bond acceptors (Lipinski definition) is 6. The summed E-state index contributed by atoms with van der Waals surface area (Å²) >= 11 is 0. The van der Waals surface area contributed by atoms with E-state index in [-0.39, 0.29) is 26.2 Å². The highest BCUT2D eigenvalue weighted by atomic mass is 31.2. The molecule has 0 amide bonds. The maximum absolute atomic E-state index is 12.7. The topological polar surface area (TPSA) is 91.3 Å². The number of carbonyl (C=O) groups is 1. The second-order valence-electron chi connectivity index (χ2n) is 15.8. The quantitative estimate of drug-likeness (QED) is 0.0164. The monoisotopic (exact) mass is 819 g/mol. The number of phosphoric acid groups is 1. The van der Waals surface area contributed by atoms with E-state index in [1.807, 2.05) is 39.4 Å². The van der Waals surface area contributed by atoms with E-state index in [0.29, 0.717) is 17.4 Å². The van der Waals surface area contributed by atoms with Crippen LogP contribution in [0.15, 0.2) is 85.3 Å². The largest absolute Gasteiger partial charge is 0.498 e. The minimum absolute atomic E-state index is 0.00804. The fourth-order valence-electron chi connectivity index (χ4n) is 5.49. The Balaban J connectivity index is 4.45. The van der Waals surface area contributed by atoms with E-state index in [1.54, 1.807) is 6.26 Å². The van der Waals surface area contributed by atoms with Crippen molar-refractivity contribution in [3.63, 3.8) is 0 Å². The zero-order chi connectivity index (χ0) is 42.0. The summed E-state index contributed by atoms with van der Waals surface area (Å²) in [5.41, 5.74) is 0. The number of hydrogen-bond donors (Lipinski definition) is 1. The van der Waals surface area contributed by atoms with Gasteiger partial charge in [0, 0.05) is 6.42 Å². The molecule has 0 aliphatic carbocycles. The van der Waals surface area contributed by atoms with Crippen molar-refractivity contribution in [3.05, 3.63) is 85.3 Å². The Morgan fingerprint density at radius 1 is 0.561 bits per heavy atom. The van der Waals surface area contributed by atoms with Gasteiger partial charge >= 0.3 is 13.8 Å². The molecule has 2 atom stereocenters. The molecule has 0 aromatic rings. The lowest BCUT2D eigenvalue weighted by atomic mass is 10.1. The Labute approximate surface area is 350 Å². The molecule has 0 bridgehead atoms. The second-order valence-corrected chi connectivity index (χ2v) is 17.2. The van der Waals surface area contributed by atoms with Crippen molar-refractivity contribution >= 4 is 13.8 Å². The van der Waals surface area contributed by atoms with Crippen molar-refractivity contribution in [1.29, 1.82) is 0 Å². The molecule has 0 heterocycles. The smallest absolute Gasteiger partial charge is 0.472 e. The normalized spacial score (nSPS) is 14.5. The molecule has 0 fully saturated rings. The van der Waals surface area contributed by atoms with E-state index in [9.17, 15) is 14.3 Å². The minimum atomic E-state index is -4.32. The highest BCUT2D eigenvalue weighted by Crippen LogP contribution is 2.43. The molecule has 0 saturated heterocycles. The molecular weight excluding hydrogens is 734 g/mol. The number of phosphoric ester groups is 1. The average molecular weight is 819 g/mol. The van der Waals surface area contributed by atoms with Crippen molar-refractivity contribution in [2.45, 2.75) is 168 Å². The molecule has 1 N–H and O–H groups in total. The summed E-state index contributed by atoms with van der Waals surface area (Å²) in [5.74, 6) is -0.422. The Morgan fingerprint density at radius 3 is 1.51 bits per heavy atom. The van der Waals surface area contributed by atoms with Crippen LogP contribution in [0.1, 0.15) is 162 Å². The van der Waals surface area contributed by atoms with Crippen molar-refractivity contribution in [2.75, 3.05) is 47.5 Å². The Hall–Kier alpha value is -2.48. The number of likely N-dealkylation sites (N-methyl/N-ethyl adjacent to an activating group) is 1. The van der Waals surface area contributed by atoms with Crippen molar-refractivity contribution in [1.82, 2.24) is 0 Å². The van der Waals surface area contributed by atoms with Crippen LogP contribution in [0.3, 0.4) is 0 Å². The maximum atomic E-state index is 12.7. The molecule has 328 valence electrons. The zero-order valence-electron chi connectivity index (χ0n) is 37.0. The fraction of sp³-hybridized carbons (Fsp3) is 0.688. The lowest BCUT2D eigenvalue weighted by Gasteiger charge is -2.24. The summed E-state index contributed by atoms with van der Waals surface area (Å²) in [4.78, 5) is 22.8. The molecule has 0 aromatic carbocycles. The van der Waals surface area contributed by atoms with Crippen LogP contribution in [0.25, 0.3) is 0 Å². The Kier molecular flexibility index (Phi) is 38.6. The molecular formula is C48H85NO7P+. The zero-order valence-corrected chi connectivity index (χ0v) is 37.9. The van der Waals surface area contributed by atoms with Gasteiger partial charge in [-0.25, -0.2) is 4.57 Å². The van der Waals surface area contributed by atoms with Crippen LogP contribution in [-0.4, -0.2) is 69.0 Å². The summed E-state index contributed by atoms with van der Waals surface area (Å²) < 4.78 is 34.6. The lowest BCUT2D eigenvalue weighted by Crippen LogP contribution is -2.37. The van der Waals surface area contributed by atoms with E-state index in [0.717, 1.165) is 44.9 Å². The number of esters is 1. The van der Waals surface area contributed by atoms with Gasteiger partial charge in [-0.15, -0.1) is 0 Å². The van der Waals surface area contributed by atoms with Crippen LogP contribution in [0.4, 0.5) is 0 Å². The molecule has 8 nitrogen and oxygen atoms in total. The molecule has 0 radical (unpaired) electrons. The third-order valence-electron chi connectivity index (χ3n) is 9.01. The molecule has 1 unspecified atom stereocenters. The minimum Gasteiger partial charge on any atom is -0.498 e. The summed E-state index contributed by atoms with van der Waals surface area (Å²) in [7, 11) is 1.57. The predicted molar refractivity (Wildman–Crippen MR) is 242 cm³/mol. The number of unbranched alkanes of at least 4 members (excludes halogenated alkanes) is 14. The number of rotatable bonds is 40. The number of carbonyl (C=O) groups excluding carboxylic acids is 1. The summed E-state index contributed by atoms with van der Waals surface area (Å²) in [6.45, 7) is 4.78. The average Bonchev–Trinajstić information content (AvgIpc) is 3.16. The number of nitrogens with zero attached hydrogens (tertiary/aromatic N) is 1. The molecule has 0 aliphatic rings. The first-order chi connectivity index (χ1) is 27.6. The molecule has 9 heteroatoms. The first-order valence-corrected chi connectivity index (χ1v) is 23.9. The SMILES string of the molecule is CCCCC/C=C\C/C=C\C/C=C\C/C=C\C/C=C\CCC(=O)O[C@H](CO/C=C\CCCCCC/C=C\CCCCCCCC)COP(=O)(O)OCC[N+](C)(C)C. The van der Waals surface area contributed by atoms with Crippen LogP contribution in [0.5, 0.6) is 0 Å². The van der Waals surface area contributed by atoms with Gasteiger partial charge in [-0.1, -0.05) is 145 Å². The van der Waals surface area contributed by atoms with Gasteiger partial charge in [0.2, 0.25) is 0 Å². The summed E-state index contributed by atoms with van der Waals surface area (Å²) in [6.07, 6.45) is 54.4. The predicted octanol–water partition coefficient (Wildman–Crippen LogP) is 13.6. The van der Waals surface area contributed by atoms with Gasteiger partial charge in [0.1, 0.15) is 19.8 Å². The third kappa shape index (κ3) is 44.5. The summed E-state index contributed by atoms with van der Waals surface area (Å²) in [5, 5.41) is 0. The third-order valence-corrected chi connectivity index (χ3v) is 9.99. The van der Waals surface area contributed by atoms with Crippen molar-refractivity contribution in [3.8, 4) is 0 Å². The Morgan fingerprint density at radius 2 is 0.982 bits per heavy atom. The van der Waals surface area contributed by atoms with Gasteiger partial charge < -0.3 is 18.9 Å². The van der Waals surface area contributed by atoms with E-state index < -0.39 is 19.9 Å². The van der Waals surface area contributed by atoms with Gasteiger partial charge in [-0.2, -0.15) is 0 Å². The van der Waals surface area contributed by atoms with Gasteiger partial charge in [0.05, 0.1) is 34.0 Å². The van der Waals surface area contributed by atoms with Crippen LogP contribution in [0, 0.1) is 0 Å². The van der Waals surface area contributed by atoms with Crippen LogP contribution < -0.4 is 0 Å². The van der Waals surface area contributed by atoms with Gasteiger partial charge in [0.25, 0.3) is 0 Å². The lowest BCUT2D eigenvalue weighted by molar-refractivity contribution is -0.870. The van der Waals surface area contributed by atoms with Gasteiger partial charge in [-0.05, 0) is 89.5 Å². The van der Waals surface area contributed by atoms with Crippen LogP contribution >= 0.6 is 7.82 Å². The molecule has 0 aromatic heterocycles. The number of allylic oxidation sites excluding steroid dienone is 13. The van der Waals surface area contributed by atoms with Crippen molar-refractivity contribution < 1.29 is 37.3 Å². The van der Waals surface area contributed by atoms with Gasteiger partial charge in [-0.3, -0.25) is 13.8 Å². The second kappa shape index (κ2) is 40.3. The highest BCUT2D eigenvalue weighted by Gasteiger charge is 2.26. The first kappa shape index (κ1) is 54.5. The maximum Gasteiger partial charge on any atom is 0.472 e. The Bertz CT molecular complexity index is 1180. The van der Waals surface area contributed by atoms with E-state index in [1.165, 1.54) is 89.9 Å². The number of ether oxygens (including phenoxy) is 2. The molecule has 0 saturated carbocycles. The fourth-order valence-corrected chi connectivity index (χ4v) is 6.24. The highest BCUT2D eigenvalue weighted by molar-refractivity contribution is 7.47. The van der Waals surface area contributed by atoms with Gasteiger partial charge in [0.15, 0.2) is 6.10 Å². The standard InChI is InChI=1S/C48H84NO7P/c1-6-8-10-12-14-16-18-20-22-24-25-26-27-29-31-33-35-37-39-41-48(50)56-47(46-55-57(51,52)54-44-42-49(3,4)5)45-53-43-40-38-36-34-32-30-28-23-21-19-17-15-13-11-9-7-2/h14,16,20-23,25-26,29,31,35,37,40,43,47H,6-13,15,17-19,24,27-28,30,32-34,36,38-39,41-42,44-46H2,1-5H3/p+1/b16-14-,22-20-,23-21-,26-25-,31-29-,37-35-,43-40-/t47-/m1/s1. The molecule has 0 rings (SSSR count). The molecule has 0 spiro atoms. The molecule has 0 aliphatic heterocycles. The van der Waals surface area contributed by atoms with E-state index >= 15 is 0 Å². The van der Waals surface area contributed by atoms with E-state index in [4.69, 9.17) is 18.5 Å². The first-order valence-electron chi connectivity index (χ1n) is 22.4. The summed E-state index contributed by atoms with van der Waals surface area (Å²) in [6, 6.07) is 0. The van der Waals surface area contributed by atoms with Crippen molar-refractivity contribution in [2.24, 2.45) is 0 Å². The van der Waals surface area contributed by atoms with E-state index in [2.05, 4.69) is 74.6 Å². The van der Waals surface area contributed by atoms with Crippen LogP contribution in [-0.2, 0) is 27.9 Å².